The van der Waals surface area contributed by atoms with Crippen molar-refractivity contribution in [3.05, 3.63) is 34.9 Å². The van der Waals surface area contributed by atoms with Gasteiger partial charge in [0.25, 0.3) is 0 Å². The molecule has 3 atom stereocenters. The Balaban J connectivity index is 3.45. The molecule has 0 bridgehead atoms. The first kappa shape index (κ1) is 29.9. The second-order valence-corrected chi connectivity index (χ2v) is 9.88. The summed E-state index contributed by atoms with van der Waals surface area (Å²) in [6.07, 6.45) is 0.405. The number of alkyl carbamates (subject to hydrolysis) is 1. The largest absolute Gasteiger partial charge is 0.444 e. The highest BCUT2D eigenvalue weighted by atomic mass is 16.6. The second kappa shape index (κ2) is 13.1. The third-order valence-corrected chi connectivity index (χ3v) is 5.63. The zero-order valence-corrected chi connectivity index (χ0v) is 22.4. The van der Waals surface area contributed by atoms with Crippen LogP contribution in [0.2, 0.25) is 0 Å². The highest BCUT2D eigenvalue weighted by Gasteiger charge is 2.37. The number of carbonyl (C=O) groups is 4. The van der Waals surface area contributed by atoms with Crippen LogP contribution in [0.25, 0.3) is 0 Å². The van der Waals surface area contributed by atoms with Crippen LogP contribution in [0.3, 0.4) is 0 Å². The maximum atomic E-state index is 13.7. The van der Waals surface area contributed by atoms with Gasteiger partial charge in [-0.15, -0.1) is 0 Å². The molecule has 1 aromatic rings. The molecular formula is C26H42N4O5. The minimum absolute atomic E-state index is 0.0878. The molecule has 0 aliphatic heterocycles. The Bertz CT molecular complexity index is 909. The van der Waals surface area contributed by atoms with Gasteiger partial charge in [-0.25, -0.2) is 4.79 Å². The molecule has 4 N–H and O–H groups in total. The topological polar surface area (TPSA) is 131 Å². The lowest BCUT2D eigenvalue weighted by Crippen LogP contribution is -2.54. The van der Waals surface area contributed by atoms with Crippen molar-refractivity contribution in [2.75, 3.05) is 6.54 Å². The summed E-state index contributed by atoms with van der Waals surface area (Å²) in [7, 11) is 0. The minimum atomic E-state index is -1.28. The van der Waals surface area contributed by atoms with Gasteiger partial charge in [0.15, 0.2) is 0 Å². The quantitative estimate of drug-likeness (QED) is 0.438. The third kappa shape index (κ3) is 9.22. The fourth-order valence-corrected chi connectivity index (χ4v) is 3.86. The van der Waals surface area contributed by atoms with Crippen LogP contribution < -0.4 is 16.4 Å². The van der Waals surface area contributed by atoms with E-state index >= 15 is 0 Å². The molecule has 0 aliphatic rings. The van der Waals surface area contributed by atoms with Crippen molar-refractivity contribution in [3.8, 4) is 0 Å². The van der Waals surface area contributed by atoms with E-state index in [4.69, 9.17) is 10.5 Å². The van der Waals surface area contributed by atoms with E-state index in [1.165, 1.54) is 4.90 Å². The van der Waals surface area contributed by atoms with Crippen molar-refractivity contribution < 1.29 is 23.9 Å². The molecule has 0 heterocycles. The summed E-state index contributed by atoms with van der Waals surface area (Å²) in [5.41, 5.74) is 7.12. The van der Waals surface area contributed by atoms with E-state index in [1.54, 1.807) is 27.7 Å². The number of nitrogens with zero attached hydrogens (tertiary/aromatic N) is 1. The summed E-state index contributed by atoms with van der Waals surface area (Å²) in [5, 5.41) is 5.48. The number of carbonyl (C=O) groups excluding carboxylic acids is 4. The SMILES string of the molecule is CCCC(C)NC(=O)C(c1cccc(C)c1C)N(CC)C(=O)C(CC(N)=O)NC(=O)OC(C)(C)C. The fourth-order valence-electron chi connectivity index (χ4n) is 3.86. The molecule has 1 aromatic carbocycles. The van der Waals surface area contributed by atoms with Crippen LogP contribution in [-0.2, 0) is 19.1 Å². The van der Waals surface area contributed by atoms with E-state index in [0.717, 1.165) is 24.0 Å². The van der Waals surface area contributed by atoms with E-state index in [9.17, 15) is 19.2 Å². The molecular weight excluding hydrogens is 448 g/mol. The number of rotatable bonds is 11. The first-order chi connectivity index (χ1) is 16.2. The number of nitrogens with one attached hydrogen (secondary N) is 2. The molecule has 9 heteroatoms. The van der Waals surface area contributed by atoms with Crippen molar-refractivity contribution in [1.82, 2.24) is 15.5 Å². The Morgan fingerprint density at radius 1 is 1.09 bits per heavy atom. The molecule has 0 saturated heterocycles. The standard InChI is InChI=1S/C26H42N4O5/c1-9-12-17(4)28-23(32)22(19-14-11-13-16(3)18(19)5)30(10-2)24(33)20(15-21(27)31)29-25(34)35-26(6,7)8/h11,13-14,17,20,22H,9-10,12,15H2,1-8H3,(H2,27,31)(H,28,32)(H,29,34). The van der Waals surface area contributed by atoms with Crippen LogP contribution in [0.1, 0.15) is 83.5 Å². The predicted molar refractivity (Wildman–Crippen MR) is 136 cm³/mol. The average Bonchev–Trinajstić information content (AvgIpc) is 2.71. The second-order valence-electron chi connectivity index (χ2n) is 9.88. The lowest BCUT2D eigenvalue weighted by atomic mass is 9.94. The van der Waals surface area contributed by atoms with Gasteiger partial charge in [-0.3, -0.25) is 14.4 Å². The van der Waals surface area contributed by atoms with Crippen LogP contribution in [-0.4, -0.2) is 52.9 Å². The normalized spacial score (nSPS) is 13.8. The highest BCUT2D eigenvalue weighted by Crippen LogP contribution is 2.27. The number of primary amides is 1. The van der Waals surface area contributed by atoms with E-state index < -0.39 is 42.0 Å². The van der Waals surface area contributed by atoms with Crippen LogP contribution in [0, 0.1) is 13.8 Å². The van der Waals surface area contributed by atoms with Gasteiger partial charge in [-0.05, 0) is 71.6 Å². The van der Waals surface area contributed by atoms with E-state index in [2.05, 4.69) is 10.6 Å². The number of ether oxygens (including phenoxy) is 1. The predicted octanol–water partition coefficient (Wildman–Crippen LogP) is 3.27. The van der Waals surface area contributed by atoms with Gasteiger partial charge < -0.3 is 26.0 Å². The van der Waals surface area contributed by atoms with Crippen molar-refractivity contribution >= 4 is 23.8 Å². The van der Waals surface area contributed by atoms with Crippen molar-refractivity contribution in [3.63, 3.8) is 0 Å². The number of hydrogen-bond donors (Lipinski definition) is 3. The molecule has 196 valence electrons. The summed E-state index contributed by atoms with van der Waals surface area (Å²) >= 11 is 0. The first-order valence-corrected chi connectivity index (χ1v) is 12.2. The smallest absolute Gasteiger partial charge is 0.408 e. The summed E-state index contributed by atoms with van der Waals surface area (Å²) < 4.78 is 5.27. The molecule has 3 unspecified atom stereocenters. The van der Waals surface area contributed by atoms with Gasteiger partial charge in [-0.2, -0.15) is 0 Å². The number of hydrogen-bond acceptors (Lipinski definition) is 5. The Kier molecular flexibility index (Phi) is 11.2. The molecule has 1 rings (SSSR count). The molecule has 4 amide bonds. The Hall–Kier alpha value is -3.10. The molecule has 9 nitrogen and oxygen atoms in total. The minimum Gasteiger partial charge on any atom is -0.444 e. The van der Waals surface area contributed by atoms with Crippen LogP contribution in [0.5, 0.6) is 0 Å². The molecule has 0 aliphatic carbocycles. The molecule has 0 radical (unpaired) electrons. The Morgan fingerprint density at radius 2 is 1.71 bits per heavy atom. The number of likely N-dealkylation sites (N-methyl/N-ethyl adjacent to an activating group) is 1. The van der Waals surface area contributed by atoms with Gasteiger partial charge in [0.2, 0.25) is 17.7 Å². The summed E-state index contributed by atoms with van der Waals surface area (Å²) in [6.45, 7) is 14.8. The van der Waals surface area contributed by atoms with Gasteiger partial charge >= 0.3 is 6.09 Å². The highest BCUT2D eigenvalue weighted by molar-refractivity contribution is 5.94. The average molecular weight is 491 g/mol. The fraction of sp³-hybridized carbons (Fsp3) is 0.615. The third-order valence-electron chi connectivity index (χ3n) is 5.63. The lowest BCUT2D eigenvalue weighted by molar-refractivity contribution is -0.143. The molecule has 0 aromatic heterocycles. The number of aryl methyl sites for hydroxylation is 1. The van der Waals surface area contributed by atoms with Crippen LogP contribution in [0.15, 0.2) is 18.2 Å². The van der Waals surface area contributed by atoms with E-state index in [-0.39, 0.29) is 18.5 Å². The molecule has 0 spiro atoms. The maximum absolute atomic E-state index is 13.7. The summed E-state index contributed by atoms with van der Waals surface area (Å²) in [6, 6.07) is 3.27. The van der Waals surface area contributed by atoms with Crippen LogP contribution in [0.4, 0.5) is 4.79 Å². The molecule has 35 heavy (non-hydrogen) atoms. The molecule has 0 saturated carbocycles. The van der Waals surface area contributed by atoms with Crippen molar-refractivity contribution in [2.45, 2.75) is 98.4 Å². The van der Waals surface area contributed by atoms with Gasteiger partial charge in [0, 0.05) is 12.6 Å². The van der Waals surface area contributed by atoms with Crippen molar-refractivity contribution in [2.24, 2.45) is 5.73 Å². The van der Waals surface area contributed by atoms with Gasteiger partial charge in [0.05, 0.1) is 6.42 Å². The number of amides is 4. The number of benzene rings is 1. The summed E-state index contributed by atoms with van der Waals surface area (Å²) in [4.78, 5) is 52.8. The van der Waals surface area contributed by atoms with Gasteiger partial charge in [-0.1, -0.05) is 31.5 Å². The maximum Gasteiger partial charge on any atom is 0.408 e. The Morgan fingerprint density at radius 3 is 2.23 bits per heavy atom. The number of nitrogens with two attached hydrogens (primary N) is 1. The first-order valence-electron chi connectivity index (χ1n) is 12.2. The van der Waals surface area contributed by atoms with Gasteiger partial charge in [0.1, 0.15) is 17.7 Å². The lowest BCUT2D eigenvalue weighted by Gasteiger charge is -2.35. The zero-order valence-electron chi connectivity index (χ0n) is 22.4. The van der Waals surface area contributed by atoms with Crippen molar-refractivity contribution in [1.29, 1.82) is 0 Å². The van der Waals surface area contributed by atoms with E-state index in [0.29, 0.717) is 5.56 Å². The summed E-state index contributed by atoms with van der Waals surface area (Å²) in [5.74, 6) is -1.69. The molecule has 0 fully saturated rings. The Labute approximate surface area is 209 Å². The zero-order chi connectivity index (χ0) is 26.9. The van der Waals surface area contributed by atoms with Crippen LogP contribution >= 0.6 is 0 Å². The van der Waals surface area contributed by atoms with E-state index in [1.807, 2.05) is 45.9 Å². The monoisotopic (exact) mass is 490 g/mol.